The van der Waals surface area contributed by atoms with Crippen molar-refractivity contribution in [1.29, 1.82) is 0 Å². The van der Waals surface area contributed by atoms with Crippen LogP contribution >= 0.6 is 11.8 Å². The molecule has 3 rings (SSSR count). The molecule has 0 aliphatic carbocycles. The standard InChI is InChI=1S/C24H28N6O4S/c1-5-19(23(32)25-17-12-9-13-18(14-17)30(33)34)35-24-28-27-21(29(24)4)20(15(2)3)26-22(31)16-10-7-6-8-11-16/h6-15,19-20H,5H2,1-4H3,(H,25,32)(H,26,31)/t19-,20+/m1/s1. The summed E-state index contributed by atoms with van der Waals surface area (Å²) in [5.41, 5.74) is 0.808. The molecular formula is C24H28N6O4S. The highest BCUT2D eigenvalue weighted by molar-refractivity contribution is 8.00. The third-order valence-electron chi connectivity index (χ3n) is 5.37. The Morgan fingerprint density at radius 2 is 1.83 bits per heavy atom. The van der Waals surface area contributed by atoms with Gasteiger partial charge in [-0.2, -0.15) is 0 Å². The summed E-state index contributed by atoms with van der Waals surface area (Å²) in [6.45, 7) is 5.84. The Balaban J connectivity index is 1.74. The number of non-ortho nitro benzene ring substituents is 1. The van der Waals surface area contributed by atoms with Gasteiger partial charge in [-0.25, -0.2) is 0 Å². The zero-order valence-electron chi connectivity index (χ0n) is 20.0. The number of rotatable bonds is 10. The van der Waals surface area contributed by atoms with Crippen molar-refractivity contribution in [2.45, 2.75) is 43.6 Å². The second-order valence-electron chi connectivity index (χ2n) is 8.27. The van der Waals surface area contributed by atoms with Crippen molar-refractivity contribution in [3.63, 3.8) is 0 Å². The van der Waals surface area contributed by atoms with Crippen LogP contribution in [-0.4, -0.2) is 36.8 Å². The first kappa shape index (κ1) is 25.9. The van der Waals surface area contributed by atoms with Gasteiger partial charge >= 0.3 is 0 Å². The summed E-state index contributed by atoms with van der Waals surface area (Å²) >= 11 is 1.25. The number of hydrogen-bond acceptors (Lipinski definition) is 7. The lowest BCUT2D eigenvalue weighted by Crippen LogP contribution is -2.33. The normalized spacial score (nSPS) is 12.7. The molecule has 10 nitrogen and oxygen atoms in total. The van der Waals surface area contributed by atoms with Gasteiger partial charge in [-0.15, -0.1) is 10.2 Å². The molecule has 0 bridgehead atoms. The molecule has 2 N–H and O–H groups in total. The van der Waals surface area contributed by atoms with E-state index in [4.69, 9.17) is 0 Å². The predicted molar refractivity (Wildman–Crippen MR) is 134 cm³/mol. The first-order valence-electron chi connectivity index (χ1n) is 11.2. The first-order valence-corrected chi connectivity index (χ1v) is 12.1. The maximum atomic E-state index is 12.9. The summed E-state index contributed by atoms with van der Waals surface area (Å²) in [4.78, 5) is 36.1. The number of thioether (sulfide) groups is 1. The molecule has 3 aromatic rings. The monoisotopic (exact) mass is 496 g/mol. The number of nitro groups is 1. The topological polar surface area (TPSA) is 132 Å². The highest BCUT2D eigenvalue weighted by Gasteiger charge is 2.27. The first-order chi connectivity index (χ1) is 16.7. The molecule has 35 heavy (non-hydrogen) atoms. The lowest BCUT2D eigenvalue weighted by molar-refractivity contribution is -0.384. The van der Waals surface area contributed by atoms with Crippen molar-refractivity contribution in [2.75, 3.05) is 5.32 Å². The minimum absolute atomic E-state index is 0.0440. The fourth-order valence-electron chi connectivity index (χ4n) is 3.41. The van der Waals surface area contributed by atoms with Crippen molar-refractivity contribution in [3.8, 4) is 0 Å². The van der Waals surface area contributed by atoms with Crippen LogP contribution in [0.15, 0.2) is 59.8 Å². The van der Waals surface area contributed by atoms with Crippen molar-refractivity contribution in [2.24, 2.45) is 13.0 Å². The van der Waals surface area contributed by atoms with E-state index in [9.17, 15) is 19.7 Å². The van der Waals surface area contributed by atoms with Crippen LogP contribution in [0.2, 0.25) is 0 Å². The van der Waals surface area contributed by atoms with Crippen LogP contribution in [0, 0.1) is 16.0 Å². The van der Waals surface area contributed by atoms with Crippen LogP contribution in [0.3, 0.4) is 0 Å². The average molecular weight is 497 g/mol. The number of aromatic nitrogens is 3. The Bertz CT molecular complexity index is 1200. The fourth-order valence-corrected chi connectivity index (χ4v) is 4.34. The summed E-state index contributed by atoms with van der Waals surface area (Å²) in [5.74, 6) is 0.132. The third kappa shape index (κ3) is 6.44. The van der Waals surface area contributed by atoms with E-state index in [1.165, 1.54) is 30.0 Å². The van der Waals surface area contributed by atoms with Crippen molar-refractivity contribution in [1.82, 2.24) is 20.1 Å². The van der Waals surface area contributed by atoms with Crippen LogP contribution in [0.4, 0.5) is 11.4 Å². The van der Waals surface area contributed by atoms with Crippen LogP contribution in [0.1, 0.15) is 49.4 Å². The molecule has 0 radical (unpaired) electrons. The molecule has 0 aliphatic heterocycles. The number of carbonyl (C=O) groups excluding carboxylic acids is 2. The smallest absolute Gasteiger partial charge is 0.271 e. The van der Waals surface area contributed by atoms with E-state index in [1.807, 2.05) is 26.8 Å². The van der Waals surface area contributed by atoms with E-state index in [0.717, 1.165) is 0 Å². The van der Waals surface area contributed by atoms with Gasteiger partial charge in [0.25, 0.3) is 11.6 Å². The fraction of sp³-hybridized carbons (Fsp3) is 0.333. The number of benzene rings is 2. The Kier molecular flexibility index (Phi) is 8.58. The molecule has 2 atom stereocenters. The Morgan fingerprint density at radius 3 is 2.46 bits per heavy atom. The highest BCUT2D eigenvalue weighted by atomic mass is 32.2. The minimum Gasteiger partial charge on any atom is -0.342 e. The zero-order valence-corrected chi connectivity index (χ0v) is 20.8. The summed E-state index contributed by atoms with van der Waals surface area (Å²) < 4.78 is 1.78. The largest absolute Gasteiger partial charge is 0.342 e. The number of hydrogen-bond donors (Lipinski definition) is 2. The second-order valence-corrected chi connectivity index (χ2v) is 9.44. The van der Waals surface area contributed by atoms with Crippen LogP contribution < -0.4 is 10.6 Å². The van der Waals surface area contributed by atoms with Crippen molar-refractivity contribution in [3.05, 3.63) is 76.1 Å². The van der Waals surface area contributed by atoms with Gasteiger partial charge in [0.1, 0.15) is 0 Å². The molecule has 0 aliphatic rings. The molecule has 0 unspecified atom stereocenters. The molecule has 0 spiro atoms. The third-order valence-corrected chi connectivity index (χ3v) is 6.77. The Hall–Kier alpha value is -3.73. The van der Waals surface area contributed by atoms with E-state index >= 15 is 0 Å². The van der Waals surface area contributed by atoms with E-state index in [1.54, 1.807) is 41.9 Å². The highest BCUT2D eigenvalue weighted by Crippen LogP contribution is 2.29. The lowest BCUT2D eigenvalue weighted by atomic mass is 10.0. The van der Waals surface area contributed by atoms with E-state index in [2.05, 4.69) is 20.8 Å². The van der Waals surface area contributed by atoms with Gasteiger partial charge in [-0.3, -0.25) is 19.7 Å². The molecular weight excluding hydrogens is 468 g/mol. The number of amides is 2. The lowest BCUT2D eigenvalue weighted by Gasteiger charge is -2.22. The molecule has 1 heterocycles. The summed E-state index contributed by atoms with van der Waals surface area (Å²) in [6, 6.07) is 14.4. The number of carbonyl (C=O) groups is 2. The molecule has 0 saturated heterocycles. The van der Waals surface area contributed by atoms with Gasteiger partial charge in [0.2, 0.25) is 5.91 Å². The van der Waals surface area contributed by atoms with Gasteiger partial charge in [0, 0.05) is 30.4 Å². The molecule has 2 amide bonds. The molecule has 0 saturated carbocycles. The Labute approximate surface area is 207 Å². The van der Waals surface area contributed by atoms with Crippen molar-refractivity contribution < 1.29 is 14.5 Å². The summed E-state index contributed by atoms with van der Waals surface area (Å²) in [7, 11) is 1.80. The van der Waals surface area contributed by atoms with Crippen LogP contribution in [-0.2, 0) is 11.8 Å². The summed E-state index contributed by atoms with van der Waals surface area (Å²) in [6.07, 6.45) is 0.506. The van der Waals surface area contributed by atoms with Gasteiger partial charge < -0.3 is 15.2 Å². The molecule has 184 valence electrons. The molecule has 11 heteroatoms. The van der Waals surface area contributed by atoms with Crippen LogP contribution in [0.25, 0.3) is 0 Å². The maximum Gasteiger partial charge on any atom is 0.271 e. The minimum atomic E-state index is -0.509. The number of nitro benzene ring substituents is 1. The molecule has 0 fully saturated rings. The molecule has 2 aromatic carbocycles. The quantitative estimate of drug-likeness (QED) is 0.242. The van der Waals surface area contributed by atoms with Gasteiger partial charge in [-0.1, -0.05) is 56.8 Å². The number of anilines is 1. The average Bonchev–Trinajstić information content (AvgIpc) is 3.20. The van der Waals surface area contributed by atoms with Crippen molar-refractivity contribution >= 4 is 35.0 Å². The number of nitrogens with zero attached hydrogens (tertiary/aromatic N) is 4. The van der Waals surface area contributed by atoms with Gasteiger partial charge in [0.15, 0.2) is 11.0 Å². The molecule has 1 aromatic heterocycles. The van der Waals surface area contributed by atoms with E-state index < -0.39 is 10.2 Å². The Morgan fingerprint density at radius 1 is 1.11 bits per heavy atom. The maximum absolute atomic E-state index is 12.9. The van der Waals surface area contributed by atoms with Gasteiger partial charge in [0.05, 0.1) is 16.2 Å². The zero-order chi connectivity index (χ0) is 25.5. The predicted octanol–water partition coefficient (Wildman–Crippen LogP) is 4.36. The number of nitrogens with one attached hydrogen (secondary N) is 2. The van der Waals surface area contributed by atoms with Crippen LogP contribution in [0.5, 0.6) is 0 Å². The van der Waals surface area contributed by atoms with E-state index in [-0.39, 0.29) is 29.5 Å². The van der Waals surface area contributed by atoms with Gasteiger partial charge in [-0.05, 0) is 30.5 Å². The summed E-state index contributed by atoms with van der Waals surface area (Å²) in [5, 5.41) is 25.4. The van der Waals surface area contributed by atoms with E-state index in [0.29, 0.717) is 28.7 Å². The second kappa shape index (κ2) is 11.6. The SMILES string of the molecule is CC[C@@H](Sc1nnc([C@@H](NC(=O)c2ccccc2)C(C)C)n1C)C(=O)Nc1cccc([N+](=O)[O-])c1.